The highest BCUT2D eigenvalue weighted by molar-refractivity contribution is 6.30. The summed E-state index contributed by atoms with van der Waals surface area (Å²) in [5, 5.41) is 9.04. The van der Waals surface area contributed by atoms with E-state index in [9.17, 15) is 9.18 Å². The number of carboxylic acid groups (broad SMARTS) is 1. The van der Waals surface area contributed by atoms with Crippen LogP contribution < -0.4 is 0 Å². The Morgan fingerprint density at radius 2 is 2.25 bits per heavy atom. The van der Waals surface area contributed by atoms with E-state index < -0.39 is 12.1 Å². The van der Waals surface area contributed by atoms with Gasteiger partial charge in [0.25, 0.3) is 0 Å². The van der Waals surface area contributed by atoms with Gasteiger partial charge in [-0.1, -0.05) is 30.3 Å². The second-order valence-electron chi connectivity index (χ2n) is 3.47. The molecule has 0 aliphatic rings. The molecular formula is C12H12ClFO2. The lowest BCUT2D eigenvalue weighted by molar-refractivity contribution is -0.132. The van der Waals surface area contributed by atoms with Crippen LogP contribution in [0.15, 0.2) is 36.4 Å². The van der Waals surface area contributed by atoms with E-state index >= 15 is 0 Å². The van der Waals surface area contributed by atoms with Gasteiger partial charge in [0.2, 0.25) is 0 Å². The van der Waals surface area contributed by atoms with Crippen molar-refractivity contribution in [1.29, 1.82) is 0 Å². The maximum Gasteiger partial charge on any atom is 0.330 e. The Balaban J connectivity index is 2.56. The highest BCUT2D eigenvalue weighted by Crippen LogP contribution is 2.26. The molecule has 1 unspecified atom stereocenters. The van der Waals surface area contributed by atoms with Gasteiger partial charge in [-0.15, -0.1) is 0 Å². The maximum absolute atomic E-state index is 13.6. The fourth-order valence-corrected chi connectivity index (χ4v) is 1.47. The molecule has 0 radical (unpaired) electrons. The minimum absolute atomic E-state index is 0.0182. The average Bonchev–Trinajstić information content (AvgIpc) is 2.25. The van der Waals surface area contributed by atoms with Gasteiger partial charge in [-0.05, 0) is 30.5 Å². The Labute approximate surface area is 98.4 Å². The number of rotatable bonds is 5. The van der Waals surface area contributed by atoms with Gasteiger partial charge in [0, 0.05) is 10.6 Å². The largest absolute Gasteiger partial charge is 0.478 e. The predicted molar refractivity (Wildman–Crippen MR) is 61.3 cm³/mol. The summed E-state index contributed by atoms with van der Waals surface area (Å²) < 4.78 is 13.6. The van der Waals surface area contributed by atoms with Crippen LogP contribution in [0.1, 0.15) is 24.6 Å². The molecule has 0 aliphatic heterocycles. The molecule has 0 saturated carbocycles. The molecule has 0 spiro atoms. The quantitative estimate of drug-likeness (QED) is 0.798. The standard InChI is InChI=1S/C12H12ClFO2/c1-8(12(15)16)5-6-11(14)9-3-2-4-10(13)7-9/h2-4,7,11H,1,5-6H2,(H,15,16). The van der Waals surface area contributed by atoms with E-state index in [4.69, 9.17) is 16.7 Å². The number of hydrogen-bond donors (Lipinski definition) is 1. The monoisotopic (exact) mass is 242 g/mol. The Hall–Kier alpha value is -1.35. The molecule has 86 valence electrons. The summed E-state index contributed by atoms with van der Waals surface area (Å²) in [5.74, 6) is -1.08. The molecule has 1 N–H and O–H groups in total. The molecule has 2 nitrogen and oxygen atoms in total. The fraction of sp³-hybridized carbons (Fsp3) is 0.250. The van der Waals surface area contributed by atoms with Crippen LogP contribution in [-0.2, 0) is 4.79 Å². The third kappa shape index (κ3) is 3.66. The van der Waals surface area contributed by atoms with Gasteiger partial charge >= 0.3 is 5.97 Å². The van der Waals surface area contributed by atoms with Crippen LogP contribution in [0.5, 0.6) is 0 Å². The van der Waals surface area contributed by atoms with Gasteiger partial charge in [-0.25, -0.2) is 9.18 Å². The average molecular weight is 243 g/mol. The van der Waals surface area contributed by atoms with Crippen LogP contribution in [0.2, 0.25) is 5.02 Å². The zero-order chi connectivity index (χ0) is 12.1. The van der Waals surface area contributed by atoms with E-state index in [1.54, 1.807) is 18.2 Å². The van der Waals surface area contributed by atoms with Crippen molar-refractivity contribution in [1.82, 2.24) is 0 Å². The Morgan fingerprint density at radius 1 is 1.56 bits per heavy atom. The minimum Gasteiger partial charge on any atom is -0.478 e. The third-order valence-corrected chi connectivity index (χ3v) is 2.45. The van der Waals surface area contributed by atoms with E-state index in [-0.39, 0.29) is 18.4 Å². The molecule has 0 bridgehead atoms. The molecule has 0 heterocycles. The van der Waals surface area contributed by atoms with Gasteiger partial charge in [0.1, 0.15) is 6.17 Å². The summed E-state index contributed by atoms with van der Waals surface area (Å²) in [6.07, 6.45) is -0.983. The van der Waals surface area contributed by atoms with Crippen LogP contribution in [0, 0.1) is 0 Å². The highest BCUT2D eigenvalue weighted by atomic mass is 35.5. The predicted octanol–water partition coefficient (Wildman–Crippen LogP) is 3.77. The number of aliphatic carboxylic acids is 1. The number of carboxylic acids is 1. The lowest BCUT2D eigenvalue weighted by atomic mass is 10.0. The first-order valence-electron chi connectivity index (χ1n) is 4.81. The van der Waals surface area contributed by atoms with Gasteiger partial charge in [-0.2, -0.15) is 0 Å². The van der Waals surface area contributed by atoms with Crippen molar-refractivity contribution in [3.63, 3.8) is 0 Å². The third-order valence-electron chi connectivity index (χ3n) is 2.21. The normalized spacial score (nSPS) is 12.1. The smallest absolute Gasteiger partial charge is 0.330 e. The van der Waals surface area contributed by atoms with Crippen molar-refractivity contribution in [2.75, 3.05) is 0 Å². The first-order chi connectivity index (χ1) is 7.50. The van der Waals surface area contributed by atoms with E-state index in [0.29, 0.717) is 10.6 Å². The molecule has 16 heavy (non-hydrogen) atoms. The summed E-state index contributed by atoms with van der Waals surface area (Å²) in [4.78, 5) is 10.5. The molecule has 1 aromatic carbocycles. The molecule has 1 rings (SSSR count). The number of hydrogen-bond acceptors (Lipinski definition) is 1. The van der Waals surface area contributed by atoms with E-state index in [1.165, 1.54) is 6.07 Å². The van der Waals surface area contributed by atoms with Crippen LogP contribution >= 0.6 is 11.6 Å². The molecule has 0 fully saturated rings. The topological polar surface area (TPSA) is 37.3 Å². The molecule has 0 aromatic heterocycles. The first-order valence-corrected chi connectivity index (χ1v) is 5.19. The van der Waals surface area contributed by atoms with Crippen LogP contribution in [0.25, 0.3) is 0 Å². The van der Waals surface area contributed by atoms with Gasteiger partial charge in [0.15, 0.2) is 0 Å². The molecular weight excluding hydrogens is 231 g/mol. The number of halogens is 2. The van der Waals surface area contributed by atoms with Crippen molar-refractivity contribution < 1.29 is 14.3 Å². The molecule has 4 heteroatoms. The maximum atomic E-state index is 13.6. The lowest BCUT2D eigenvalue weighted by Gasteiger charge is -2.08. The summed E-state index contributed by atoms with van der Waals surface area (Å²) >= 11 is 5.72. The lowest BCUT2D eigenvalue weighted by Crippen LogP contribution is -2.01. The highest BCUT2D eigenvalue weighted by Gasteiger charge is 2.12. The van der Waals surface area contributed by atoms with Crippen molar-refractivity contribution in [3.05, 3.63) is 47.0 Å². The van der Waals surface area contributed by atoms with Gasteiger partial charge in [-0.3, -0.25) is 0 Å². The number of benzene rings is 1. The van der Waals surface area contributed by atoms with Crippen LogP contribution in [0.4, 0.5) is 4.39 Å². The van der Waals surface area contributed by atoms with Crippen molar-refractivity contribution >= 4 is 17.6 Å². The Morgan fingerprint density at radius 3 is 2.81 bits per heavy atom. The second kappa shape index (κ2) is 5.66. The van der Waals surface area contributed by atoms with Gasteiger partial charge < -0.3 is 5.11 Å². The van der Waals surface area contributed by atoms with Crippen LogP contribution in [-0.4, -0.2) is 11.1 Å². The molecule has 0 amide bonds. The fourth-order valence-electron chi connectivity index (χ4n) is 1.28. The molecule has 1 aromatic rings. The number of alkyl halides is 1. The summed E-state index contributed by atoms with van der Waals surface area (Å²) in [7, 11) is 0. The Kier molecular flexibility index (Phi) is 4.50. The summed E-state index contributed by atoms with van der Waals surface area (Å²) in [6, 6.07) is 6.49. The van der Waals surface area contributed by atoms with Crippen molar-refractivity contribution in [2.45, 2.75) is 19.0 Å². The number of carbonyl (C=O) groups is 1. The second-order valence-corrected chi connectivity index (χ2v) is 3.91. The van der Waals surface area contributed by atoms with Gasteiger partial charge in [0.05, 0.1) is 0 Å². The zero-order valence-electron chi connectivity index (χ0n) is 8.62. The Bertz CT molecular complexity index is 404. The van der Waals surface area contributed by atoms with E-state index in [0.717, 1.165) is 0 Å². The molecule has 0 aliphatic carbocycles. The summed E-state index contributed by atoms with van der Waals surface area (Å²) in [6.45, 7) is 3.35. The minimum atomic E-state index is -1.21. The molecule has 0 saturated heterocycles. The van der Waals surface area contributed by atoms with E-state index in [2.05, 4.69) is 6.58 Å². The van der Waals surface area contributed by atoms with Crippen molar-refractivity contribution in [2.24, 2.45) is 0 Å². The zero-order valence-corrected chi connectivity index (χ0v) is 9.38. The summed E-state index contributed by atoms with van der Waals surface area (Å²) in [5.41, 5.74) is 0.482. The molecule has 1 atom stereocenters. The van der Waals surface area contributed by atoms with Crippen LogP contribution in [0.3, 0.4) is 0 Å². The SMILES string of the molecule is C=C(CCC(F)c1cccc(Cl)c1)C(=O)O. The van der Waals surface area contributed by atoms with E-state index in [1.807, 2.05) is 0 Å². The van der Waals surface area contributed by atoms with Crippen molar-refractivity contribution in [3.8, 4) is 0 Å². The first kappa shape index (κ1) is 12.7.